The number of benzene rings is 1. The van der Waals surface area contributed by atoms with Crippen LogP contribution in [0.3, 0.4) is 0 Å². The van der Waals surface area contributed by atoms with Crippen molar-refractivity contribution in [1.29, 1.82) is 0 Å². The summed E-state index contributed by atoms with van der Waals surface area (Å²) in [5.41, 5.74) is 4.40. The third kappa shape index (κ3) is 5.07. The van der Waals surface area contributed by atoms with E-state index in [4.69, 9.17) is 5.73 Å². The molecule has 1 rings (SSSR count). The van der Waals surface area contributed by atoms with Gasteiger partial charge in [0.2, 0.25) is 0 Å². The highest BCUT2D eigenvalue weighted by molar-refractivity contribution is 5.77. The quantitative estimate of drug-likeness (QED) is 0.379. The lowest BCUT2D eigenvalue weighted by Gasteiger charge is -2.12. The van der Waals surface area contributed by atoms with Gasteiger partial charge in [0, 0.05) is 6.54 Å². The summed E-state index contributed by atoms with van der Waals surface area (Å²) in [5.74, 6) is -0.852. The number of nitrogens with two attached hydrogens (primary N) is 1. The highest BCUT2D eigenvalue weighted by atomic mass is 19.4. The van der Waals surface area contributed by atoms with Gasteiger partial charge < -0.3 is 11.1 Å². The van der Waals surface area contributed by atoms with Crippen LogP contribution in [-0.2, 0) is 12.7 Å². The minimum Gasteiger partial charge on any atom is -0.370 e. The van der Waals surface area contributed by atoms with E-state index < -0.39 is 17.6 Å². The Morgan fingerprint density at radius 3 is 2.65 bits per heavy atom. The number of rotatable bonds is 5. The van der Waals surface area contributed by atoms with Gasteiger partial charge in [-0.25, -0.2) is 9.38 Å². The Balaban J connectivity index is 2.80. The average Bonchev–Trinajstić information content (AvgIpc) is 2.36. The normalized spacial score (nSPS) is 12.6. The Bertz CT molecular complexity index is 469. The third-order valence-corrected chi connectivity index (χ3v) is 2.63. The molecule has 0 heterocycles. The number of unbranched alkanes of at least 4 members (excludes halogenated alkanes) is 1. The molecule has 0 saturated heterocycles. The van der Waals surface area contributed by atoms with E-state index in [0.717, 1.165) is 25.0 Å². The van der Waals surface area contributed by atoms with Crippen LogP contribution in [0.1, 0.15) is 30.9 Å². The number of halogens is 4. The van der Waals surface area contributed by atoms with Gasteiger partial charge in [-0.2, -0.15) is 13.2 Å². The summed E-state index contributed by atoms with van der Waals surface area (Å²) in [4.78, 5) is 3.83. The number of hydrogen-bond donors (Lipinski definition) is 2. The van der Waals surface area contributed by atoms with E-state index in [0.29, 0.717) is 12.6 Å². The molecule has 0 bridgehead atoms. The van der Waals surface area contributed by atoms with Crippen molar-refractivity contribution in [3.63, 3.8) is 0 Å². The van der Waals surface area contributed by atoms with Gasteiger partial charge in [0.1, 0.15) is 5.82 Å². The molecule has 1 aromatic carbocycles. The van der Waals surface area contributed by atoms with E-state index in [2.05, 4.69) is 10.3 Å². The molecule has 3 nitrogen and oxygen atoms in total. The molecule has 0 aliphatic heterocycles. The SMILES string of the molecule is CCCCNC(N)=NCc1ccc(F)cc1C(F)(F)F. The highest BCUT2D eigenvalue weighted by Gasteiger charge is 2.33. The molecule has 0 aromatic heterocycles. The molecule has 0 aliphatic carbocycles. The van der Waals surface area contributed by atoms with E-state index >= 15 is 0 Å². The first-order valence-electron chi connectivity index (χ1n) is 6.24. The van der Waals surface area contributed by atoms with Crippen molar-refractivity contribution in [2.24, 2.45) is 10.7 Å². The van der Waals surface area contributed by atoms with Crippen LogP contribution in [0, 0.1) is 5.82 Å². The second kappa shape index (κ2) is 7.12. The molecule has 7 heteroatoms. The summed E-state index contributed by atoms with van der Waals surface area (Å²) in [6.45, 7) is 2.37. The molecule has 0 saturated carbocycles. The highest BCUT2D eigenvalue weighted by Crippen LogP contribution is 2.32. The van der Waals surface area contributed by atoms with Gasteiger partial charge in [0.25, 0.3) is 0 Å². The Kier molecular flexibility index (Phi) is 5.79. The molecule has 112 valence electrons. The largest absolute Gasteiger partial charge is 0.416 e. The Morgan fingerprint density at radius 2 is 2.05 bits per heavy atom. The van der Waals surface area contributed by atoms with Gasteiger partial charge in [-0.05, 0) is 24.1 Å². The fraction of sp³-hybridized carbons (Fsp3) is 0.462. The fourth-order valence-corrected chi connectivity index (χ4v) is 1.57. The van der Waals surface area contributed by atoms with Crippen molar-refractivity contribution in [3.05, 3.63) is 35.1 Å². The predicted octanol–water partition coefficient (Wildman–Crippen LogP) is 3.05. The average molecular weight is 291 g/mol. The number of nitrogens with one attached hydrogen (secondary N) is 1. The van der Waals surface area contributed by atoms with E-state index in [1.54, 1.807) is 0 Å². The summed E-state index contributed by atoms with van der Waals surface area (Å²) in [5, 5.41) is 2.80. The van der Waals surface area contributed by atoms with Crippen LogP contribution in [0.2, 0.25) is 0 Å². The van der Waals surface area contributed by atoms with Gasteiger partial charge >= 0.3 is 6.18 Å². The molecule has 0 unspecified atom stereocenters. The molecule has 0 spiro atoms. The Morgan fingerprint density at radius 1 is 1.35 bits per heavy atom. The first kappa shape index (κ1) is 16.3. The smallest absolute Gasteiger partial charge is 0.370 e. The van der Waals surface area contributed by atoms with Gasteiger partial charge in [-0.1, -0.05) is 19.4 Å². The van der Waals surface area contributed by atoms with Gasteiger partial charge in [0.05, 0.1) is 12.1 Å². The molecular formula is C13H17F4N3. The zero-order chi connectivity index (χ0) is 15.2. The van der Waals surface area contributed by atoms with Crippen LogP contribution >= 0.6 is 0 Å². The van der Waals surface area contributed by atoms with Crippen molar-refractivity contribution >= 4 is 5.96 Å². The first-order valence-corrected chi connectivity index (χ1v) is 6.24. The number of guanidine groups is 1. The van der Waals surface area contributed by atoms with Crippen LogP contribution in [0.4, 0.5) is 17.6 Å². The molecule has 0 fully saturated rings. The van der Waals surface area contributed by atoms with Gasteiger partial charge in [-0.15, -0.1) is 0 Å². The maximum Gasteiger partial charge on any atom is 0.416 e. The lowest BCUT2D eigenvalue weighted by molar-refractivity contribution is -0.138. The molecule has 0 aliphatic rings. The van der Waals surface area contributed by atoms with Crippen molar-refractivity contribution in [2.45, 2.75) is 32.5 Å². The van der Waals surface area contributed by atoms with E-state index in [1.807, 2.05) is 6.92 Å². The van der Waals surface area contributed by atoms with Crippen LogP contribution in [0.5, 0.6) is 0 Å². The molecule has 3 N–H and O–H groups in total. The summed E-state index contributed by atoms with van der Waals surface area (Å²) < 4.78 is 51.1. The maximum atomic E-state index is 12.9. The van der Waals surface area contributed by atoms with E-state index in [9.17, 15) is 17.6 Å². The molecule has 20 heavy (non-hydrogen) atoms. The Labute approximate surface area is 114 Å². The number of nitrogens with zero attached hydrogens (tertiary/aromatic N) is 1. The standard InChI is InChI=1S/C13H17F4N3/c1-2-3-6-19-12(18)20-8-9-4-5-10(14)7-11(9)13(15,16)17/h4-5,7H,2-3,6,8H2,1H3,(H3,18,19,20). The van der Waals surface area contributed by atoms with E-state index in [-0.39, 0.29) is 18.1 Å². The topological polar surface area (TPSA) is 50.4 Å². The van der Waals surface area contributed by atoms with Gasteiger partial charge in [0.15, 0.2) is 5.96 Å². The summed E-state index contributed by atoms with van der Waals surface area (Å²) in [6.07, 6.45) is -2.76. The predicted molar refractivity (Wildman–Crippen MR) is 69.6 cm³/mol. The molecule has 0 radical (unpaired) electrons. The van der Waals surface area contributed by atoms with Crippen molar-refractivity contribution < 1.29 is 17.6 Å². The molecule has 1 aromatic rings. The maximum absolute atomic E-state index is 12.9. The number of hydrogen-bond acceptors (Lipinski definition) is 1. The summed E-state index contributed by atoms with van der Waals surface area (Å²) in [6, 6.07) is 2.51. The minimum absolute atomic E-state index is 0.0795. The monoisotopic (exact) mass is 291 g/mol. The zero-order valence-electron chi connectivity index (χ0n) is 11.1. The lowest BCUT2D eigenvalue weighted by Crippen LogP contribution is -2.32. The first-order chi connectivity index (χ1) is 9.34. The van der Waals surface area contributed by atoms with Crippen LogP contribution in [0.25, 0.3) is 0 Å². The Hall–Kier alpha value is -1.79. The minimum atomic E-state index is -4.61. The van der Waals surface area contributed by atoms with Crippen molar-refractivity contribution in [3.8, 4) is 0 Å². The van der Waals surface area contributed by atoms with Crippen molar-refractivity contribution in [1.82, 2.24) is 5.32 Å². The second-order valence-corrected chi connectivity index (χ2v) is 4.28. The van der Waals surface area contributed by atoms with Crippen LogP contribution in [0.15, 0.2) is 23.2 Å². The molecule has 0 atom stereocenters. The molecule has 0 amide bonds. The molecular weight excluding hydrogens is 274 g/mol. The third-order valence-electron chi connectivity index (χ3n) is 2.63. The van der Waals surface area contributed by atoms with E-state index in [1.165, 1.54) is 0 Å². The van der Waals surface area contributed by atoms with Crippen LogP contribution in [-0.4, -0.2) is 12.5 Å². The van der Waals surface area contributed by atoms with Crippen LogP contribution < -0.4 is 11.1 Å². The number of aliphatic imine (C=N–C) groups is 1. The summed E-state index contributed by atoms with van der Waals surface area (Å²) in [7, 11) is 0. The number of alkyl halides is 3. The van der Waals surface area contributed by atoms with Crippen molar-refractivity contribution in [2.75, 3.05) is 6.54 Å². The fourth-order valence-electron chi connectivity index (χ4n) is 1.57. The lowest BCUT2D eigenvalue weighted by atomic mass is 10.1. The van der Waals surface area contributed by atoms with Gasteiger partial charge in [-0.3, -0.25) is 0 Å². The second-order valence-electron chi connectivity index (χ2n) is 4.28. The summed E-state index contributed by atoms with van der Waals surface area (Å²) >= 11 is 0. The zero-order valence-corrected chi connectivity index (χ0v) is 11.1.